The number of anilines is 3. The summed E-state index contributed by atoms with van der Waals surface area (Å²) in [5.41, 5.74) is 18.4. The number of para-hydroxylation sites is 12. The molecule has 0 bridgehead atoms. The molecule has 4 aliphatic heterocycles. The Morgan fingerprint density at radius 1 is 0.456 bits per heavy atom. The van der Waals surface area contributed by atoms with Crippen LogP contribution in [0.2, 0.25) is 10.3 Å². The van der Waals surface area contributed by atoms with Crippen LogP contribution >= 0.6 is 46.4 Å². The second-order valence-electron chi connectivity index (χ2n) is 27.0. The molecule has 3 amide bonds. The van der Waals surface area contributed by atoms with Gasteiger partial charge in [-0.05, 0) is 213 Å². The van der Waals surface area contributed by atoms with Gasteiger partial charge in [0.1, 0.15) is 49.6 Å². The van der Waals surface area contributed by atoms with Crippen molar-refractivity contribution in [1.82, 2.24) is 35.4 Å². The Morgan fingerprint density at radius 2 is 0.831 bits per heavy atom. The number of fused-ring (bicyclic) bond motifs is 8. The van der Waals surface area contributed by atoms with Gasteiger partial charge < -0.3 is 70.5 Å². The zero-order valence-electron chi connectivity index (χ0n) is 72.9. The molecule has 31 nitrogen and oxygen atoms in total. The number of rotatable bonds is 11. The Balaban J connectivity index is 0.000000178. The molecule has 682 valence electrons. The number of amides is 3. The molecule has 0 unspecified atom stereocenters. The number of nitrogens with zero attached hydrogens (tertiary/aromatic N) is 9. The molecule has 6 aromatic heterocycles. The first kappa shape index (κ1) is 103. The molecule has 0 fully saturated rings. The number of benzene rings is 9. The summed E-state index contributed by atoms with van der Waals surface area (Å²) in [7, 11) is -2.51. The Bertz CT molecular complexity index is 6770. The van der Waals surface area contributed by atoms with Crippen molar-refractivity contribution < 1.29 is 123 Å². The van der Waals surface area contributed by atoms with Crippen molar-refractivity contribution in [2.45, 2.75) is 13.8 Å². The summed E-state index contributed by atoms with van der Waals surface area (Å²) in [6.45, 7) is 4.18. The van der Waals surface area contributed by atoms with Gasteiger partial charge in [0, 0.05) is 53.9 Å². The molecule has 0 saturated heterocycles. The number of carbonyl (C=O) groups is 6. The molecule has 136 heavy (non-hydrogen) atoms. The average Bonchev–Trinajstić information content (AvgIpc) is 1.63. The number of aromatic nitrogens is 6. The van der Waals surface area contributed by atoms with Gasteiger partial charge in [-0.15, -0.1) is 0 Å². The van der Waals surface area contributed by atoms with E-state index in [9.17, 15) is 38.3 Å². The Labute approximate surface area is 821 Å². The number of pyridine rings is 6. The van der Waals surface area contributed by atoms with E-state index in [0.29, 0.717) is 132 Å². The van der Waals surface area contributed by atoms with Crippen molar-refractivity contribution in [3.05, 3.63) is 400 Å². The first-order valence-corrected chi connectivity index (χ1v) is 41.4. The van der Waals surface area contributed by atoms with Crippen molar-refractivity contribution in [2.75, 3.05) is 36.7 Å². The van der Waals surface area contributed by atoms with Crippen molar-refractivity contribution in [1.29, 1.82) is 0 Å². The summed E-state index contributed by atoms with van der Waals surface area (Å²) < 4.78 is 48.4. The molecule has 9 aromatic carbocycles. The molecule has 10 heterocycles. The van der Waals surface area contributed by atoms with Crippen LogP contribution in [0.15, 0.2) is 343 Å². The number of phenolic OH excluding ortho intramolecular Hbond substituents is 2. The van der Waals surface area contributed by atoms with Crippen LogP contribution in [0, 0.1) is 0 Å². The van der Waals surface area contributed by atoms with Crippen LogP contribution in [-0.4, -0.2) is 140 Å². The van der Waals surface area contributed by atoms with Gasteiger partial charge in [0.15, 0.2) is 23.0 Å². The van der Waals surface area contributed by atoms with E-state index in [4.69, 9.17) is 112 Å². The zero-order chi connectivity index (χ0) is 96.1. The first-order chi connectivity index (χ1) is 65.5. The molecule has 15 aromatic rings. The second-order valence-corrected chi connectivity index (χ2v) is 28.4. The van der Waals surface area contributed by atoms with E-state index in [1.807, 2.05) is 127 Å². The number of esters is 2. The molecule has 11 N–H and O–H groups in total. The van der Waals surface area contributed by atoms with Crippen molar-refractivity contribution in [3.8, 4) is 58.0 Å². The average molecular weight is 1920 g/mol. The fourth-order valence-corrected chi connectivity index (χ4v) is 12.7. The van der Waals surface area contributed by atoms with Gasteiger partial charge in [0.05, 0.1) is 89.2 Å². The molecule has 0 aliphatic carbocycles. The number of hydroxylamine groups is 1. The van der Waals surface area contributed by atoms with Crippen LogP contribution in [0.4, 0.5) is 38.5 Å². The minimum Gasteiger partial charge on any atom is -0.870 e. The maximum absolute atomic E-state index is 11.9. The van der Waals surface area contributed by atoms with Gasteiger partial charge in [-0.1, -0.05) is 144 Å². The second kappa shape index (κ2) is 52.7. The molecule has 4 aliphatic rings. The Hall–Kier alpha value is -15.5. The van der Waals surface area contributed by atoms with Gasteiger partial charge in [-0.3, -0.25) is 28.8 Å². The number of alkyl halides is 1. The van der Waals surface area contributed by atoms with E-state index in [-0.39, 0.29) is 79.8 Å². The summed E-state index contributed by atoms with van der Waals surface area (Å²) in [5.74, 6) is 2.59. The standard InChI is InChI=1S/C21H16N2O3.C19H13N3O3.C12H9ClN2O2.C12H7ClN2O.C12H8N2O2.C9H11BO4.C6H3Cl2NO.C6H7NO.CH3F.Na.H2O/c1-2-25-21(24)15-11-9-14(10-12-15)19-16-6-5-13-22-20(16)26-18-8-4-3-7-17(18)23-19;23-18(22-24)13-9-7-12(8-10-13)17-14-4-3-11-20-19(14)25-16-6-2-1-5-15(16)21-17;13-11-8(4-3-7-14-11)12(17)15-9-5-1-2-6-10(9)16;13-11-8-4-3-7-14-12(8)16-10-6-2-1-5-9(10)15-11;15-11-8-4-3-7-13-12(8)16-10-6-2-1-5-9(10)14-11;1-2-14-9(11)7-3-5-8(6-4-7)10(12)13;7-5-4(6(8)10)2-1-3-9-5;7-5-3-1-2-4-6(5)8;1-2;;/h3-13H,2H2,1H3;1-11,24H,(H,22,23);1-7,16H,(H,15,17);1-7H;1-7H,(H,14,15);3-6,12-13H,2H2,1H3;1-3H;1-4,8H,7H2;1H3;;1H2/q;;;;;;;;;+1;/p-1/i;;;;;;;;1D;;. The third-order valence-electron chi connectivity index (χ3n) is 18.3. The SMILES string of the molecule is CCOC(=O)c1ccc(B(O)O)cc1.CCOC(=O)c1ccc(C2=Nc3ccccc3Oc3ncccc32)cc1.ClC1=Nc2ccccc2Oc2ncccc21.Nc1ccccc1O.O=C(Cl)c1cccnc1Cl.O=C(NO)c1ccc(C2=Nc3ccccc3Oc3ncccc32)cc1.O=C(Nc1ccccc1O)c1cccnc1Cl.O=C1Nc2ccccc2Oc2ncccc21.[2H]CF.[Na+].[OH-]. The summed E-state index contributed by atoms with van der Waals surface area (Å²) >= 11 is 22.5. The fourth-order valence-electron chi connectivity index (χ4n) is 11.9. The maximum atomic E-state index is 11.9. The normalized spacial score (nSPS) is 11.2. The molecule has 0 spiro atoms. The third-order valence-corrected chi connectivity index (χ3v) is 19.4. The van der Waals surface area contributed by atoms with Crippen LogP contribution in [0.3, 0.4) is 0 Å². The van der Waals surface area contributed by atoms with Crippen molar-refractivity contribution in [3.63, 3.8) is 0 Å². The molecule has 0 atom stereocenters. The molecule has 19 rings (SSSR count). The molecule has 0 radical (unpaired) electrons. The van der Waals surface area contributed by atoms with Crippen molar-refractivity contribution >= 4 is 145 Å². The number of aromatic hydroxyl groups is 2. The Kier molecular flexibility index (Phi) is 39.7. The van der Waals surface area contributed by atoms with E-state index in [2.05, 4.69) is 45.5 Å². The van der Waals surface area contributed by atoms with Crippen LogP contribution < -0.4 is 75.8 Å². The largest absolute Gasteiger partial charge is 1.00 e. The smallest absolute Gasteiger partial charge is 0.870 e. The van der Waals surface area contributed by atoms with Gasteiger partial charge in [-0.2, -0.15) is 0 Å². The van der Waals surface area contributed by atoms with Crippen molar-refractivity contribution in [2.24, 2.45) is 15.0 Å². The Morgan fingerprint density at radius 3 is 1.26 bits per heavy atom. The number of hydrogen-bond donors (Lipinski definition) is 9. The number of ether oxygens (including phenoxy) is 6. The van der Waals surface area contributed by atoms with Gasteiger partial charge in [0.25, 0.3) is 23.0 Å². The molecule has 38 heteroatoms. The van der Waals surface area contributed by atoms with E-state index in [1.54, 1.807) is 172 Å². The van der Waals surface area contributed by atoms with E-state index in [1.165, 1.54) is 48.8 Å². The number of aliphatic imine (C=N–C) groups is 3. The maximum Gasteiger partial charge on any atom is 1.00 e. The molecular weight excluding hydrogens is 1840 g/mol. The summed E-state index contributed by atoms with van der Waals surface area (Å²) in [6.07, 6.45) is 9.61. The summed E-state index contributed by atoms with van der Waals surface area (Å²) in [6, 6.07) is 83.7. The first-order valence-electron chi connectivity index (χ1n) is 40.6. The monoisotopic (exact) mass is 1920 g/mol. The van der Waals surface area contributed by atoms with Gasteiger partial charge in [0.2, 0.25) is 23.5 Å². The predicted molar refractivity (Wildman–Crippen MR) is 510 cm³/mol. The molecular formula is C98H78BCl4FN13NaO18. The number of hydrogen-bond acceptors (Lipinski definition) is 28. The van der Waals surface area contributed by atoms with Crippen LogP contribution in [0.5, 0.6) is 58.0 Å². The van der Waals surface area contributed by atoms with Crippen LogP contribution in [-0.2, 0) is 9.47 Å². The third kappa shape index (κ3) is 28.8. The van der Waals surface area contributed by atoms with Crippen LogP contribution in [0.25, 0.3) is 0 Å². The fraction of sp³-hybridized carbons (Fsp3) is 0.0510. The molecule has 0 saturated carbocycles. The quantitative estimate of drug-likeness (QED) is 0.00848. The number of phenols is 2. The number of nitrogens with one attached hydrogen (secondary N) is 3. The minimum atomic E-state index is -1.51. The van der Waals surface area contributed by atoms with E-state index in [0.717, 1.165) is 33.7 Å². The van der Waals surface area contributed by atoms with Gasteiger partial charge >= 0.3 is 48.6 Å². The number of nitrogen functional groups attached to an aromatic ring is 1. The van der Waals surface area contributed by atoms with E-state index < -0.39 is 37.3 Å². The number of carbonyl (C=O) groups excluding carboxylic acids is 6. The number of halogens is 5. The summed E-state index contributed by atoms with van der Waals surface area (Å²) in [4.78, 5) is 107. The minimum absolute atomic E-state index is 0. The summed E-state index contributed by atoms with van der Waals surface area (Å²) in [5, 5.41) is 50.0. The van der Waals surface area contributed by atoms with E-state index >= 15 is 0 Å². The van der Waals surface area contributed by atoms with Gasteiger partial charge in [-0.25, -0.2) is 60.0 Å². The predicted octanol–water partition coefficient (Wildman–Crippen LogP) is 16.7. The topological polar surface area (TPSA) is 465 Å². The number of nitrogens with two attached hydrogens (primary N) is 1. The van der Waals surface area contributed by atoms with Crippen LogP contribution in [0.1, 0.15) is 105 Å². The zero-order valence-corrected chi connectivity index (χ0v) is 77.0.